The van der Waals surface area contributed by atoms with Crippen molar-refractivity contribution >= 4 is 22.4 Å². The van der Waals surface area contributed by atoms with Gasteiger partial charge in [0.2, 0.25) is 5.36 Å². The summed E-state index contributed by atoms with van der Waals surface area (Å²) in [6.07, 6.45) is 5.62. The van der Waals surface area contributed by atoms with Crippen LogP contribution in [0.1, 0.15) is 109 Å². The van der Waals surface area contributed by atoms with Crippen LogP contribution in [-0.2, 0) is 4.74 Å². The van der Waals surface area contributed by atoms with Gasteiger partial charge in [0.05, 0.1) is 18.2 Å². The predicted molar refractivity (Wildman–Crippen MR) is 186 cm³/mol. The Morgan fingerprint density at radius 3 is 2.31 bits per heavy atom. The van der Waals surface area contributed by atoms with Gasteiger partial charge in [0.1, 0.15) is 18.0 Å². The lowest BCUT2D eigenvalue weighted by Crippen LogP contribution is -2.49. The van der Waals surface area contributed by atoms with Crippen LogP contribution in [0.2, 0.25) is 0 Å². The van der Waals surface area contributed by atoms with Crippen LogP contribution in [0.15, 0.2) is 60.7 Å². The lowest BCUT2D eigenvalue weighted by Gasteiger charge is -2.43. The van der Waals surface area contributed by atoms with E-state index in [1.807, 2.05) is 12.1 Å². The molecule has 3 aromatic carbocycles. The number of allylic oxidation sites excluding steroid dienone is 2. The zero-order chi connectivity index (χ0) is 32.3. The highest BCUT2D eigenvalue weighted by molar-refractivity contribution is 5.92. The van der Waals surface area contributed by atoms with Gasteiger partial charge < -0.3 is 19.5 Å². The monoisotopic (exact) mass is 605 g/mol. The number of rotatable bonds is 8. The summed E-state index contributed by atoms with van der Waals surface area (Å²) < 4.78 is 15.4. The summed E-state index contributed by atoms with van der Waals surface area (Å²) in [5.74, 6) is 1.67. The summed E-state index contributed by atoms with van der Waals surface area (Å²) in [7, 11) is 0. The average molecular weight is 606 g/mol. The zero-order valence-corrected chi connectivity index (χ0v) is 28.5. The molecule has 1 unspecified atom stereocenters. The number of hydrogen-bond donors (Lipinski definition) is 1. The van der Waals surface area contributed by atoms with Crippen molar-refractivity contribution in [1.29, 1.82) is 0 Å². The van der Waals surface area contributed by atoms with E-state index in [2.05, 4.69) is 120 Å². The Kier molecular flexibility index (Phi) is 8.07. The van der Waals surface area contributed by atoms with Crippen molar-refractivity contribution in [3.8, 4) is 11.5 Å². The fraction of sp³-hybridized carbons (Fsp3) is 0.425. The van der Waals surface area contributed by atoms with Gasteiger partial charge in [-0.25, -0.2) is 4.58 Å². The molecule has 3 heterocycles. The molecule has 1 atom stereocenters. The number of aliphatic hydroxyl groups excluding tert-OH is 1. The number of nitrogens with zero attached hydrogens (tertiary/aromatic N) is 2. The van der Waals surface area contributed by atoms with Gasteiger partial charge in [0, 0.05) is 65.2 Å². The van der Waals surface area contributed by atoms with E-state index in [4.69, 9.17) is 9.47 Å². The van der Waals surface area contributed by atoms with Gasteiger partial charge >= 0.3 is 0 Å². The highest BCUT2D eigenvalue weighted by Crippen LogP contribution is 2.47. The highest BCUT2D eigenvalue weighted by atomic mass is 16.6. The van der Waals surface area contributed by atoms with Crippen LogP contribution in [0.3, 0.4) is 0 Å². The highest BCUT2D eigenvalue weighted by Gasteiger charge is 2.36. The molecule has 45 heavy (non-hydrogen) atoms. The number of anilines is 1. The van der Waals surface area contributed by atoms with Crippen LogP contribution in [0.25, 0.3) is 16.7 Å². The van der Waals surface area contributed by atoms with Crippen molar-refractivity contribution in [1.82, 2.24) is 4.58 Å². The molecule has 236 valence electrons. The number of ether oxygens (including phenoxy) is 2. The summed E-state index contributed by atoms with van der Waals surface area (Å²) in [5, 5.41) is 13.6. The van der Waals surface area contributed by atoms with Crippen LogP contribution in [0.4, 0.5) is 5.69 Å². The second-order valence-electron chi connectivity index (χ2n) is 13.8. The summed E-state index contributed by atoms with van der Waals surface area (Å²) in [4.78, 5) is 2.45. The molecule has 0 aliphatic carbocycles. The second-order valence-corrected chi connectivity index (χ2v) is 13.8. The number of hydrogen-bond acceptors (Lipinski definition) is 4. The standard InChI is InChI=1S/C40H49N2O3/c1-10-13-18-44-38(43)28-17-15-14-16-27(28)37-31-19-29-25(4)23-39(6,7)41(11-2)33(29)21-35(31)45-36-22-34-30(20-32(36)37)26(5)24-40(8,9)42(34)12-3/h14-17,19-24,38,43H,10-13,18H2,1-9H3/q+1. The molecule has 1 N–H and O–H groups in total. The summed E-state index contributed by atoms with van der Waals surface area (Å²) >= 11 is 0. The molecule has 0 aromatic heterocycles. The molecule has 0 amide bonds. The van der Waals surface area contributed by atoms with Crippen LogP contribution < -0.4 is 24.8 Å². The molecule has 5 heteroatoms. The fourth-order valence-corrected chi connectivity index (χ4v) is 7.85. The number of likely N-dealkylation sites (N-methyl/N-ethyl adjacent to an activating group) is 2. The first kappa shape index (κ1) is 31.3. The van der Waals surface area contributed by atoms with Crippen molar-refractivity contribution in [3.05, 3.63) is 99.1 Å². The van der Waals surface area contributed by atoms with Crippen LogP contribution in [0.5, 0.6) is 11.5 Å². The first-order valence-corrected chi connectivity index (χ1v) is 16.7. The SMILES string of the molecule is CCCCOC(O)c1ccccc1C1=c2cc3c(cc2Oc2cc4c(cc21)C(C)=CC(C)(C)N4CC)=[N+](CC)C(C)(C)C=C3C. The van der Waals surface area contributed by atoms with E-state index in [0.717, 1.165) is 64.9 Å². The van der Waals surface area contributed by atoms with Crippen molar-refractivity contribution in [2.45, 2.75) is 92.5 Å². The smallest absolute Gasteiger partial charge is 0.211 e. The van der Waals surface area contributed by atoms with Gasteiger partial charge in [0.25, 0.3) is 0 Å². The Balaban J connectivity index is 1.70. The van der Waals surface area contributed by atoms with Crippen LogP contribution in [0, 0.1) is 0 Å². The molecule has 3 aliphatic rings. The number of unbranched alkanes of at least 4 members (excludes halogenated alkanes) is 1. The zero-order valence-electron chi connectivity index (χ0n) is 28.5. The Morgan fingerprint density at radius 1 is 0.867 bits per heavy atom. The lowest BCUT2D eigenvalue weighted by atomic mass is 9.83. The summed E-state index contributed by atoms with van der Waals surface area (Å²) in [5.41, 5.74) is 9.73. The Hall–Kier alpha value is -3.67. The maximum atomic E-state index is 11.4. The van der Waals surface area contributed by atoms with Gasteiger partial charge in [-0.15, -0.1) is 0 Å². The van der Waals surface area contributed by atoms with E-state index < -0.39 is 6.29 Å². The number of benzene rings is 3. The van der Waals surface area contributed by atoms with Gasteiger partial charge in [-0.05, 0) is 82.9 Å². The third-order valence-corrected chi connectivity index (χ3v) is 9.82. The van der Waals surface area contributed by atoms with Crippen molar-refractivity contribution in [2.24, 2.45) is 0 Å². The third kappa shape index (κ3) is 5.24. The van der Waals surface area contributed by atoms with E-state index in [1.165, 1.54) is 33.3 Å². The summed E-state index contributed by atoms with van der Waals surface area (Å²) in [6.45, 7) is 22.4. The predicted octanol–water partition coefficient (Wildman–Crippen LogP) is 7.58. The van der Waals surface area contributed by atoms with Crippen LogP contribution in [-0.4, -0.2) is 35.9 Å². The van der Waals surface area contributed by atoms with Crippen molar-refractivity contribution < 1.29 is 14.6 Å². The van der Waals surface area contributed by atoms with Gasteiger partial charge in [-0.3, -0.25) is 0 Å². The molecule has 6 rings (SSSR count). The molecule has 0 fully saturated rings. The van der Waals surface area contributed by atoms with Crippen molar-refractivity contribution in [3.63, 3.8) is 0 Å². The minimum Gasteiger partial charge on any atom is -0.456 e. The molecular formula is C40H49N2O3+. The van der Waals surface area contributed by atoms with Crippen molar-refractivity contribution in [2.75, 3.05) is 24.6 Å². The molecule has 0 saturated heterocycles. The normalized spacial score (nSPS) is 18.2. The number of fused-ring (bicyclic) bond motifs is 4. The van der Waals surface area contributed by atoms with Gasteiger partial charge in [0.15, 0.2) is 11.8 Å². The van der Waals surface area contributed by atoms with E-state index in [9.17, 15) is 5.11 Å². The molecule has 3 aromatic rings. The topological polar surface area (TPSA) is 44.9 Å². The molecule has 0 radical (unpaired) electrons. The minimum absolute atomic E-state index is 0.109. The summed E-state index contributed by atoms with van der Waals surface area (Å²) in [6, 6.07) is 17.2. The fourth-order valence-electron chi connectivity index (χ4n) is 7.85. The Labute approximate surface area is 268 Å². The molecule has 0 bridgehead atoms. The molecule has 0 saturated carbocycles. The van der Waals surface area contributed by atoms with E-state index in [0.29, 0.717) is 6.61 Å². The van der Waals surface area contributed by atoms with E-state index >= 15 is 0 Å². The maximum absolute atomic E-state index is 11.4. The average Bonchev–Trinajstić information content (AvgIpc) is 2.98. The number of aliphatic hydroxyl groups is 1. The van der Waals surface area contributed by atoms with Crippen LogP contribution >= 0.6 is 0 Å². The third-order valence-electron chi connectivity index (χ3n) is 9.82. The second kappa shape index (κ2) is 11.6. The molecule has 0 spiro atoms. The Bertz CT molecular complexity index is 1860. The minimum atomic E-state index is -1.03. The Morgan fingerprint density at radius 2 is 1.60 bits per heavy atom. The van der Waals surface area contributed by atoms with Gasteiger partial charge in [-0.2, -0.15) is 0 Å². The quantitative estimate of drug-likeness (QED) is 0.128. The largest absolute Gasteiger partial charge is 0.456 e. The molecule has 5 nitrogen and oxygen atoms in total. The first-order chi connectivity index (χ1) is 21.4. The van der Waals surface area contributed by atoms with Gasteiger partial charge in [-0.1, -0.05) is 43.7 Å². The molecule has 3 aliphatic heterocycles. The van der Waals surface area contributed by atoms with E-state index in [1.54, 1.807) is 0 Å². The lowest BCUT2D eigenvalue weighted by molar-refractivity contribution is -0.103. The maximum Gasteiger partial charge on any atom is 0.211 e. The molecular weight excluding hydrogens is 556 g/mol. The first-order valence-electron chi connectivity index (χ1n) is 16.7. The van der Waals surface area contributed by atoms with E-state index in [-0.39, 0.29) is 11.1 Å².